The smallest absolute Gasteiger partial charge is 0.266 e. The van der Waals surface area contributed by atoms with Gasteiger partial charge in [-0.05, 0) is 54.6 Å². The zero-order chi connectivity index (χ0) is 18.4. The average Bonchev–Trinajstić information content (AvgIpc) is 3.15. The average molecular weight is 343 g/mol. The Morgan fingerprint density at radius 1 is 1.08 bits per heavy atom. The van der Waals surface area contributed by atoms with E-state index in [4.69, 9.17) is 4.74 Å². The first kappa shape index (κ1) is 17.1. The first-order valence-corrected chi connectivity index (χ1v) is 8.01. The molecule has 0 aliphatic carbocycles. The van der Waals surface area contributed by atoms with E-state index < -0.39 is 5.91 Å². The standard InChI is InChI=1S/C21H17N3O2/c1-26-20-11-9-18(10-12-20)24-13-5-8-19(24)14-16(15-22)21(25)23-17-6-3-2-4-7-17/h2-14H,1H3,(H,23,25)/b16-14-. The molecule has 0 atom stereocenters. The Morgan fingerprint density at radius 2 is 1.81 bits per heavy atom. The molecule has 1 amide bonds. The number of hydrogen-bond acceptors (Lipinski definition) is 3. The summed E-state index contributed by atoms with van der Waals surface area (Å²) in [6, 6.07) is 22.3. The number of methoxy groups -OCH3 is 1. The van der Waals surface area contributed by atoms with Crippen LogP contribution >= 0.6 is 0 Å². The normalized spacial score (nSPS) is 10.8. The van der Waals surface area contributed by atoms with Crippen LogP contribution in [0.3, 0.4) is 0 Å². The maximum atomic E-state index is 12.4. The molecule has 1 aromatic heterocycles. The van der Waals surface area contributed by atoms with Gasteiger partial charge in [0.15, 0.2) is 0 Å². The highest BCUT2D eigenvalue weighted by atomic mass is 16.5. The molecule has 0 saturated carbocycles. The highest BCUT2D eigenvalue weighted by molar-refractivity contribution is 6.09. The number of ether oxygens (including phenoxy) is 1. The molecule has 1 N–H and O–H groups in total. The van der Waals surface area contributed by atoms with Gasteiger partial charge >= 0.3 is 0 Å². The molecule has 0 aliphatic rings. The van der Waals surface area contributed by atoms with E-state index in [-0.39, 0.29) is 5.57 Å². The van der Waals surface area contributed by atoms with Crippen LogP contribution in [-0.2, 0) is 4.79 Å². The molecule has 128 valence electrons. The van der Waals surface area contributed by atoms with E-state index in [1.54, 1.807) is 25.3 Å². The maximum absolute atomic E-state index is 12.4. The lowest BCUT2D eigenvalue weighted by Crippen LogP contribution is -2.13. The number of nitrogens with one attached hydrogen (secondary N) is 1. The van der Waals surface area contributed by atoms with Crippen LogP contribution in [0.15, 0.2) is 78.5 Å². The summed E-state index contributed by atoms with van der Waals surface area (Å²) in [4.78, 5) is 12.4. The Hall–Kier alpha value is -3.78. The van der Waals surface area contributed by atoms with Gasteiger partial charge in [0.05, 0.1) is 7.11 Å². The maximum Gasteiger partial charge on any atom is 0.266 e. The van der Waals surface area contributed by atoms with Gasteiger partial charge in [0.2, 0.25) is 0 Å². The Balaban J connectivity index is 1.87. The molecule has 5 nitrogen and oxygen atoms in total. The van der Waals surface area contributed by atoms with Crippen LogP contribution in [0.25, 0.3) is 11.8 Å². The van der Waals surface area contributed by atoms with E-state index in [0.29, 0.717) is 5.69 Å². The Kier molecular flexibility index (Phi) is 5.16. The second kappa shape index (κ2) is 7.86. The fourth-order valence-corrected chi connectivity index (χ4v) is 2.51. The Bertz CT molecular complexity index is 964. The van der Waals surface area contributed by atoms with E-state index >= 15 is 0 Å². The van der Waals surface area contributed by atoms with Crippen LogP contribution in [0.1, 0.15) is 5.69 Å². The van der Waals surface area contributed by atoms with Crippen molar-refractivity contribution in [2.75, 3.05) is 12.4 Å². The van der Waals surface area contributed by atoms with Crippen molar-refractivity contribution in [2.45, 2.75) is 0 Å². The molecule has 1 heterocycles. The zero-order valence-electron chi connectivity index (χ0n) is 14.2. The molecule has 0 aliphatic heterocycles. The summed E-state index contributed by atoms with van der Waals surface area (Å²) >= 11 is 0. The summed E-state index contributed by atoms with van der Waals surface area (Å²) in [5.74, 6) is 0.319. The summed E-state index contributed by atoms with van der Waals surface area (Å²) in [7, 11) is 1.61. The third-order valence-electron chi connectivity index (χ3n) is 3.82. The third kappa shape index (κ3) is 3.82. The Morgan fingerprint density at radius 3 is 2.46 bits per heavy atom. The van der Waals surface area contributed by atoms with Gasteiger partial charge in [-0.25, -0.2) is 0 Å². The minimum Gasteiger partial charge on any atom is -0.497 e. The van der Waals surface area contributed by atoms with Crippen LogP contribution in [0.2, 0.25) is 0 Å². The number of anilines is 1. The molecule has 0 spiro atoms. The topological polar surface area (TPSA) is 67.0 Å². The lowest BCUT2D eigenvalue weighted by molar-refractivity contribution is -0.112. The fourth-order valence-electron chi connectivity index (χ4n) is 2.51. The monoisotopic (exact) mass is 343 g/mol. The van der Waals surface area contributed by atoms with Gasteiger partial charge in [-0.3, -0.25) is 4.79 Å². The largest absolute Gasteiger partial charge is 0.497 e. The first-order valence-electron chi connectivity index (χ1n) is 8.01. The number of amides is 1. The number of benzene rings is 2. The predicted octanol–water partition coefficient (Wildman–Crippen LogP) is 4.03. The molecule has 0 bridgehead atoms. The van der Waals surface area contributed by atoms with Crippen LogP contribution in [0, 0.1) is 11.3 Å². The van der Waals surface area contributed by atoms with Crippen molar-refractivity contribution in [1.29, 1.82) is 5.26 Å². The number of aromatic nitrogens is 1. The lowest BCUT2D eigenvalue weighted by atomic mass is 10.2. The van der Waals surface area contributed by atoms with Crippen molar-refractivity contribution in [2.24, 2.45) is 0 Å². The number of hydrogen-bond donors (Lipinski definition) is 1. The van der Waals surface area contributed by atoms with Crippen molar-refractivity contribution in [3.63, 3.8) is 0 Å². The van der Waals surface area contributed by atoms with E-state index in [1.165, 1.54) is 0 Å². The number of carbonyl (C=O) groups is 1. The van der Waals surface area contributed by atoms with Crippen LogP contribution in [0.4, 0.5) is 5.69 Å². The van der Waals surface area contributed by atoms with Gasteiger partial charge < -0.3 is 14.6 Å². The molecule has 3 rings (SSSR count). The number of rotatable bonds is 5. The highest BCUT2D eigenvalue weighted by Crippen LogP contribution is 2.19. The van der Waals surface area contributed by atoms with Gasteiger partial charge in [0.1, 0.15) is 17.4 Å². The van der Waals surface area contributed by atoms with Crippen LogP contribution in [-0.4, -0.2) is 17.6 Å². The number of carbonyl (C=O) groups excluding carboxylic acids is 1. The van der Waals surface area contributed by atoms with E-state index in [0.717, 1.165) is 17.1 Å². The molecule has 2 aromatic carbocycles. The summed E-state index contributed by atoms with van der Waals surface area (Å²) in [6.07, 6.45) is 3.44. The van der Waals surface area contributed by atoms with Crippen LogP contribution < -0.4 is 10.1 Å². The van der Waals surface area contributed by atoms with Crippen molar-refractivity contribution >= 4 is 17.7 Å². The van der Waals surface area contributed by atoms with Crippen molar-refractivity contribution in [1.82, 2.24) is 4.57 Å². The fraction of sp³-hybridized carbons (Fsp3) is 0.0476. The number of nitrogens with zero attached hydrogens (tertiary/aromatic N) is 2. The zero-order valence-corrected chi connectivity index (χ0v) is 14.2. The number of nitriles is 1. The van der Waals surface area contributed by atoms with Crippen molar-refractivity contribution < 1.29 is 9.53 Å². The second-order valence-corrected chi connectivity index (χ2v) is 5.49. The van der Waals surface area contributed by atoms with E-state index in [9.17, 15) is 10.1 Å². The molecule has 3 aromatic rings. The molecule has 0 unspecified atom stereocenters. The van der Waals surface area contributed by atoms with Crippen LogP contribution in [0.5, 0.6) is 5.75 Å². The SMILES string of the molecule is COc1ccc(-n2cccc2/C=C(/C#N)C(=O)Nc2ccccc2)cc1. The van der Waals surface area contributed by atoms with Crippen molar-refractivity contribution in [3.05, 3.63) is 84.2 Å². The molecular formula is C21H17N3O2. The summed E-state index contributed by atoms with van der Waals surface area (Å²) in [5, 5.41) is 12.1. The minimum atomic E-state index is -0.443. The molecule has 26 heavy (non-hydrogen) atoms. The van der Waals surface area contributed by atoms with Gasteiger partial charge in [0.25, 0.3) is 5.91 Å². The third-order valence-corrected chi connectivity index (χ3v) is 3.82. The highest BCUT2D eigenvalue weighted by Gasteiger charge is 2.11. The molecule has 0 radical (unpaired) electrons. The van der Waals surface area contributed by atoms with Gasteiger partial charge in [-0.15, -0.1) is 0 Å². The molecule has 5 heteroatoms. The minimum absolute atomic E-state index is 0.0299. The van der Waals surface area contributed by atoms with Gasteiger partial charge in [0, 0.05) is 23.3 Å². The second-order valence-electron chi connectivity index (χ2n) is 5.49. The van der Waals surface area contributed by atoms with Crippen molar-refractivity contribution in [3.8, 4) is 17.5 Å². The van der Waals surface area contributed by atoms with E-state index in [2.05, 4.69) is 5.32 Å². The summed E-state index contributed by atoms with van der Waals surface area (Å²) < 4.78 is 7.07. The Labute approximate surface area is 151 Å². The lowest BCUT2D eigenvalue weighted by Gasteiger charge is -2.08. The van der Waals surface area contributed by atoms with E-state index in [1.807, 2.05) is 71.4 Å². The summed E-state index contributed by atoms with van der Waals surface area (Å²) in [6.45, 7) is 0. The molecule has 0 saturated heterocycles. The first-order chi connectivity index (χ1) is 12.7. The summed E-state index contributed by atoms with van der Waals surface area (Å²) in [5.41, 5.74) is 2.31. The van der Waals surface area contributed by atoms with Gasteiger partial charge in [-0.2, -0.15) is 5.26 Å². The molecule has 0 fully saturated rings. The molecular weight excluding hydrogens is 326 g/mol. The quantitative estimate of drug-likeness (QED) is 0.562. The predicted molar refractivity (Wildman–Crippen MR) is 101 cm³/mol. The van der Waals surface area contributed by atoms with Gasteiger partial charge in [-0.1, -0.05) is 18.2 Å². The number of para-hydroxylation sites is 1.